The zero-order valence-electron chi connectivity index (χ0n) is 14.8. The molecule has 2 heterocycles. The maximum absolute atomic E-state index is 12.5. The third-order valence-corrected chi connectivity index (χ3v) is 7.04. The van der Waals surface area contributed by atoms with E-state index in [1.807, 2.05) is 0 Å². The van der Waals surface area contributed by atoms with Gasteiger partial charge in [-0.3, -0.25) is 9.69 Å². The van der Waals surface area contributed by atoms with Crippen molar-refractivity contribution in [1.82, 2.24) is 9.21 Å². The number of rotatable bonds is 5. The van der Waals surface area contributed by atoms with Crippen molar-refractivity contribution in [2.75, 3.05) is 31.5 Å². The average Bonchev–Trinajstić information content (AvgIpc) is 3.13. The Labute approximate surface area is 150 Å². The van der Waals surface area contributed by atoms with Crippen molar-refractivity contribution in [3.8, 4) is 0 Å². The van der Waals surface area contributed by atoms with Gasteiger partial charge in [0.05, 0.1) is 11.4 Å². The molecule has 1 atom stereocenters. The lowest BCUT2D eigenvalue weighted by Crippen LogP contribution is -2.42. The number of amides is 1. The molecule has 2 aliphatic rings. The Bertz CT molecular complexity index is 697. The van der Waals surface area contributed by atoms with Gasteiger partial charge in [0.15, 0.2) is 0 Å². The second-order valence-corrected chi connectivity index (χ2v) is 8.94. The molecule has 25 heavy (non-hydrogen) atoms. The lowest BCUT2D eigenvalue weighted by Gasteiger charge is -2.32. The lowest BCUT2D eigenvalue weighted by molar-refractivity contribution is -0.118. The Morgan fingerprint density at radius 3 is 2.36 bits per heavy atom. The highest BCUT2D eigenvalue weighted by Crippen LogP contribution is 2.22. The van der Waals surface area contributed by atoms with E-state index in [9.17, 15) is 13.2 Å². The zero-order valence-corrected chi connectivity index (χ0v) is 15.6. The molecule has 1 N–H and O–H groups in total. The SMILES string of the molecule is C[C@@H]1CCCCN1CC(=O)Nc1ccc(S(=O)(=O)N2CCCC2)cc1. The first kappa shape index (κ1) is 18.4. The molecular weight excluding hydrogens is 338 g/mol. The van der Waals surface area contributed by atoms with Gasteiger partial charge in [0.25, 0.3) is 0 Å². The number of carbonyl (C=O) groups is 1. The van der Waals surface area contributed by atoms with Crippen LogP contribution in [0.1, 0.15) is 39.0 Å². The first-order valence-corrected chi connectivity index (χ1v) is 10.5. The van der Waals surface area contributed by atoms with Gasteiger partial charge in [0.2, 0.25) is 15.9 Å². The fraction of sp³-hybridized carbons (Fsp3) is 0.611. The van der Waals surface area contributed by atoms with Gasteiger partial charge >= 0.3 is 0 Å². The van der Waals surface area contributed by atoms with Crippen LogP contribution >= 0.6 is 0 Å². The number of nitrogens with zero attached hydrogens (tertiary/aromatic N) is 2. The lowest BCUT2D eigenvalue weighted by atomic mass is 10.0. The van der Waals surface area contributed by atoms with Crippen LogP contribution in [0.3, 0.4) is 0 Å². The Hall–Kier alpha value is -1.44. The van der Waals surface area contributed by atoms with Crippen molar-refractivity contribution in [3.63, 3.8) is 0 Å². The van der Waals surface area contributed by atoms with Gasteiger partial charge in [-0.05, 0) is 63.4 Å². The molecule has 2 fully saturated rings. The summed E-state index contributed by atoms with van der Waals surface area (Å²) in [5.74, 6) is -0.0519. The summed E-state index contributed by atoms with van der Waals surface area (Å²) in [6.45, 7) is 4.69. The summed E-state index contributed by atoms with van der Waals surface area (Å²) < 4.78 is 26.5. The number of nitrogens with one attached hydrogen (secondary N) is 1. The van der Waals surface area contributed by atoms with Crippen LogP contribution in [0.5, 0.6) is 0 Å². The van der Waals surface area contributed by atoms with E-state index in [0.29, 0.717) is 31.4 Å². The summed E-state index contributed by atoms with van der Waals surface area (Å²) in [6.07, 6.45) is 5.34. The predicted molar refractivity (Wildman–Crippen MR) is 98.0 cm³/mol. The third-order valence-electron chi connectivity index (χ3n) is 5.13. The molecule has 1 amide bonds. The van der Waals surface area contributed by atoms with Crippen molar-refractivity contribution in [2.45, 2.75) is 50.0 Å². The van der Waals surface area contributed by atoms with Crippen LogP contribution in [0.2, 0.25) is 0 Å². The molecule has 0 spiro atoms. The minimum atomic E-state index is -3.40. The van der Waals surface area contributed by atoms with Crippen LogP contribution in [0.4, 0.5) is 5.69 Å². The number of hydrogen-bond acceptors (Lipinski definition) is 4. The van der Waals surface area contributed by atoms with Crippen LogP contribution in [-0.2, 0) is 14.8 Å². The van der Waals surface area contributed by atoms with Gasteiger partial charge in [-0.25, -0.2) is 8.42 Å². The highest BCUT2D eigenvalue weighted by Gasteiger charge is 2.27. The smallest absolute Gasteiger partial charge is 0.243 e. The fourth-order valence-electron chi connectivity index (χ4n) is 3.57. The number of likely N-dealkylation sites (tertiary alicyclic amines) is 1. The molecule has 0 unspecified atom stereocenters. The van der Waals surface area contributed by atoms with E-state index in [1.54, 1.807) is 24.3 Å². The van der Waals surface area contributed by atoms with Gasteiger partial charge in [-0.2, -0.15) is 4.31 Å². The molecule has 0 aliphatic carbocycles. The largest absolute Gasteiger partial charge is 0.325 e. The molecule has 6 nitrogen and oxygen atoms in total. The van der Waals surface area contributed by atoms with E-state index in [1.165, 1.54) is 10.7 Å². The van der Waals surface area contributed by atoms with Crippen molar-refractivity contribution in [1.29, 1.82) is 0 Å². The van der Waals surface area contributed by atoms with E-state index >= 15 is 0 Å². The Kier molecular flexibility index (Phi) is 5.76. The van der Waals surface area contributed by atoms with E-state index in [0.717, 1.165) is 32.2 Å². The summed E-state index contributed by atoms with van der Waals surface area (Å²) in [7, 11) is -3.40. The van der Waals surface area contributed by atoms with Gasteiger partial charge in [0, 0.05) is 24.8 Å². The maximum atomic E-state index is 12.5. The average molecular weight is 365 g/mol. The van der Waals surface area contributed by atoms with Crippen LogP contribution in [0, 0.1) is 0 Å². The Balaban J connectivity index is 1.59. The minimum absolute atomic E-state index is 0.0519. The maximum Gasteiger partial charge on any atom is 0.243 e. The Morgan fingerprint density at radius 2 is 1.72 bits per heavy atom. The molecule has 138 valence electrons. The fourth-order valence-corrected chi connectivity index (χ4v) is 5.08. The zero-order chi connectivity index (χ0) is 17.9. The monoisotopic (exact) mass is 365 g/mol. The molecule has 2 aliphatic heterocycles. The number of piperidine rings is 1. The van der Waals surface area contributed by atoms with Gasteiger partial charge < -0.3 is 5.32 Å². The summed E-state index contributed by atoms with van der Waals surface area (Å²) in [6, 6.07) is 6.92. The van der Waals surface area contributed by atoms with Crippen molar-refractivity contribution in [3.05, 3.63) is 24.3 Å². The molecule has 0 bridgehead atoms. The molecule has 0 aromatic heterocycles. The van der Waals surface area contributed by atoms with Gasteiger partial charge in [-0.1, -0.05) is 6.42 Å². The van der Waals surface area contributed by atoms with Gasteiger partial charge in [0.1, 0.15) is 0 Å². The molecule has 3 rings (SSSR count). The number of hydrogen-bond donors (Lipinski definition) is 1. The summed E-state index contributed by atoms with van der Waals surface area (Å²) in [5.41, 5.74) is 0.634. The number of benzene rings is 1. The van der Waals surface area contributed by atoms with E-state index in [2.05, 4.69) is 17.1 Å². The molecule has 1 aromatic carbocycles. The van der Waals surface area contributed by atoms with E-state index in [4.69, 9.17) is 0 Å². The third kappa shape index (κ3) is 4.40. The van der Waals surface area contributed by atoms with Crippen molar-refractivity contribution in [2.24, 2.45) is 0 Å². The number of sulfonamides is 1. The molecule has 0 saturated carbocycles. The van der Waals surface area contributed by atoms with E-state index in [-0.39, 0.29) is 10.8 Å². The summed E-state index contributed by atoms with van der Waals surface area (Å²) in [4.78, 5) is 14.7. The normalized spacial score (nSPS) is 22.8. The van der Waals surface area contributed by atoms with Crippen LogP contribution in [0.15, 0.2) is 29.2 Å². The molecule has 1 aromatic rings. The highest BCUT2D eigenvalue weighted by atomic mass is 32.2. The quantitative estimate of drug-likeness (QED) is 0.869. The minimum Gasteiger partial charge on any atom is -0.325 e. The number of anilines is 1. The number of carbonyl (C=O) groups excluding carboxylic acids is 1. The highest BCUT2D eigenvalue weighted by molar-refractivity contribution is 7.89. The summed E-state index contributed by atoms with van der Waals surface area (Å²) in [5, 5.41) is 2.87. The molecule has 0 radical (unpaired) electrons. The molecule has 7 heteroatoms. The predicted octanol–water partition coefficient (Wildman–Crippen LogP) is 2.28. The van der Waals surface area contributed by atoms with Crippen molar-refractivity contribution < 1.29 is 13.2 Å². The van der Waals surface area contributed by atoms with Gasteiger partial charge in [-0.15, -0.1) is 0 Å². The van der Waals surface area contributed by atoms with Crippen LogP contribution in [-0.4, -0.2) is 55.8 Å². The summed E-state index contributed by atoms with van der Waals surface area (Å²) >= 11 is 0. The van der Waals surface area contributed by atoms with Crippen molar-refractivity contribution >= 4 is 21.6 Å². The Morgan fingerprint density at radius 1 is 1.08 bits per heavy atom. The molecular formula is C18H27N3O3S. The van der Waals surface area contributed by atoms with E-state index < -0.39 is 10.0 Å². The second kappa shape index (κ2) is 7.85. The topological polar surface area (TPSA) is 69.7 Å². The second-order valence-electron chi connectivity index (χ2n) is 7.00. The first-order valence-electron chi connectivity index (χ1n) is 9.11. The standard InChI is InChI=1S/C18H27N3O3S/c1-15-6-2-3-11-20(15)14-18(22)19-16-7-9-17(10-8-16)25(23,24)21-12-4-5-13-21/h7-10,15H,2-6,11-14H2,1H3,(H,19,22)/t15-/m1/s1. The van der Waals surface area contributed by atoms with Crippen LogP contribution < -0.4 is 5.32 Å². The molecule has 2 saturated heterocycles. The van der Waals surface area contributed by atoms with Crippen LogP contribution in [0.25, 0.3) is 0 Å². The first-order chi connectivity index (χ1) is 12.0.